The summed E-state index contributed by atoms with van der Waals surface area (Å²) < 4.78 is 0. The van der Waals surface area contributed by atoms with Crippen LogP contribution in [0.3, 0.4) is 0 Å². The Bertz CT molecular complexity index is 592. The van der Waals surface area contributed by atoms with E-state index in [0.717, 1.165) is 27.9 Å². The Morgan fingerprint density at radius 3 is 2.79 bits per heavy atom. The van der Waals surface area contributed by atoms with Gasteiger partial charge in [0.15, 0.2) is 5.78 Å². The molecule has 0 aliphatic carbocycles. The zero-order valence-corrected chi connectivity index (χ0v) is 12.5. The smallest absolute Gasteiger partial charge is 0.172 e. The summed E-state index contributed by atoms with van der Waals surface area (Å²) in [5.41, 5.74) is 2.74. The van der Waals surface area contributed by atoms with Crippen molar-refractivity contribution in [1.29, 1.82) is 0 Å². The van der Waals surface area contributed by atoms with Crippen LogP contribution in [-0.4, -0.2) is 22.3 Å². The molecule has 0 unspecified atom stereocenters. The van der Waals surface area contributed by atoms with Gasteiger partial charge in [-0.05, 0) is 42.9 Å². The van der Waals surface area contributed by atoms with Crippen LogP contribution in [0.15, 0.2) is 30.3 Å². The van der Waals surface area contributed by atoms with Crippen molar-refractivity contribution in [1.82, 2.24) is 4.98 Å². The number of nitrogens with zero attached hydrogens (tertiary/aromatic N) is 1. The van der Waals surface area contributed by atoms with E-state index in [9.17, 15) is 4.79 Å². The monoisotopic (exact) mass is 273 g/mol. The second-order valence-electron chi connectivity index (χ2n) is 5.19. The Kier molecular flexibility index (Phi) is 4.59. The number of pyridine rings is 1. The third-order valence-electron chi connectivity index (χ3n) is 2.83. The third-order valence-corrected chi connectivity index (χ3v) is 4.20. The number of thioether (sulfide) groups is 1. The first-order valence-corrected chi connectivity index (χ1v) is 7.70. The lowest BCUT2D eigenvalue weighted by Gasteiger charge is -2.05. The summed E-state index contributed by atoms with van der Waals surface area (Å²) in [7, 11) is 0. The van der Waals surface area contributed by atoms with Crippen LogP contribution in [0.2, 0.25) is 0 Å². The van der Waals surface area contributed by atoms with Gasteiger partial charge in [0.25, 0.3) is 0 Å². The number of Topliss-reactive ketones (excluding diaryl/α,β-unsaturated/α-hetero) is 1. The number of hydrogen-bond acceptors (Lipinski definition) is 3. The Balaban J connectivity index is 2.12. The predicted octanol–water partition coefficient (Wildman–Crippen LogP) is 4.12. The summed E-state index contributed by atoms with van der Waals surface area (Å²) in [4.78, 5) is 16.5. The van der Waals surface area contributed by atoms with Crippen molar-refractivity contribution in [2.24, 2.45) is 5.92 Å². The summed E-state index contributed by atoms with van der Waals surface area (Å²) in [5, 5.41) is 1.03. The standard InChI is InChI=1S/C16H19NOS/c1-11(2)9-19-10-16(18)14-6-7-15-13(8-14)5-4-12(3)17-15/h4-8,11H,9-10H2,1-3H3. The van der Waals surface area contributed by atoms with Crippen molar-refractivity contribution in [3.8, 4) is 0 Å². The van der Waals surface area contributed by atoms with Gasteiger partial charge in [-0.1, -0.05) is 19.9 Å². The van der Waals surface area contributed by atoms with Gasteiger partial charge < -0.3 is 0 Å². The van der Waals surface area contributed by atoms with Gasteiger partial charge >= 0.3 is 0 Å². The number of hydrogen-bond donors (Lipinski definition) is 0. The normalized spacial score (nSPS) is 11.2. The van der Waals surface area contributed by atoms with E-state index in [4.69, 9.17) is 0 Å². The van der Waals surface area contributed by atoms with Crippen molar-refractivity contribution in [2.75, 3.05) is 11.5 Å². The first-order valence-electron chi connectivity index (χ1n) is 6.54. The van der Waals surface area contributed by atoms with Crippen LogP contribution in [0.4, 0.5) is 0 Å². The van der Waals surface area contributed by atoms with Crippen LogP contribution in [-0.2, 0) is 0 Å². The number of aromatic nitrogens is 1. The minimum Gasteiger partial charge on any atom is -0.293 e. The molecule has 3 heteroatoms. The second kappa shape index (κ2) is 6.20. The maximum atomic E-state index is 12.1. The number of aryl methyl sites for hydroxylation is 1. The third kappa shape index (κ3) is 3.80. The van der Waals surface area contributed by atoms with Gasteiger partial charge in [0.05, 0.1) is 11.3 Å². The van der Waals surface area contributed by atoms with Gasteiger partial charge in [-0.3, -0.25) is 9.78 Å². The highest BCUT2D eigenvalue weighted by Crippen LogP contribution is 2.17. The Hall–Kier alpha value is -1.35. The van der Waals surface area contributed by atoms with E-state index in [-0.39, 0.29) is 5.78 Å². The molecule has 0 aliphatic rings. The van der Waals surface area contributed by atoms with E-state index in [1.165, 1.54) is 0 Å². The molecule has 0 atom stereocenters. The molecular formula is C16H19NOS. The van der Waals surface area contributed by atoms with Gasteiger partial charge in [0.2, 0.25) is 0 Å². The van der Waals surface area contributed by atoms with Gasteiger partial charge in [-0.2, -0.15) is 11.8 Å². The van der Waals surface area contributed by atoms with Crippen molar-refractivity contribution in [3.05, 3.63) is 41.6 Å². The first-order chi connectivity index (χ1) is 9.06. The number of ketones is 1. The molecule has 2 nitrogen and oxygen atoms in total. The van der Waals surface area contributed by atoms with E-state index in [0.29, 0.717) is 11.7 Å². The maximum absolute atomic E-state index is 12.1. The molecule has 2 rings (SSSR count). The summed E-state index contributed by atoms with van der Waals surface area (Å²) in [6, 6.07) is 9.76. The highest BCUT2D eigenvalue weighted by Gasteiger charge is 2.08. The number of carbonyl (C=O) groups excluding carboxylic acids is 1. The highest BCUT2D eigenvalue weighted by atomic mass is 32.2. The second-order valence-corrected chi connectivity index (χ2v) is 6.22. The Morgan fingerprint density at radius 1 is 1.26 bits per heavy atom. The van der Waals surface area contributed by atoms with E-state index in [1.54, 1.807) is 11.8 Å². The molecule has 0 aliphatic heterocycles. The van der Waals surface area contributed by atoms with Crippen LogP contribution in [0.1, 0.15) is 29.9 Å². The summed E-state index contributed by atoms with van der Waals surface area (Å²) in [6.45, 7) is 6.31. The minimum atomic E-state index is 0.202. The Morgan fingerprint density at radius 2 is 2.05 bits per heavy atom. The lowest BCUT2D eigenvalue weighted by Crippen LogP contribution is -2.04. The van der Waals surface area contributed by atoms with Crippen molar-refractivity contribution < 1.29 is 4.79 Å². The molecule has 100 valence electrons. The molecule has 2 aromatic rings. The average molecular weight is 273 g/mol. The average Bonchev–Trinajstić information content (AvgIpc) is 2.37. The molecule has 0 amide bonds. The van der Waals surface area contributed by atoms with Gasteiger partial charge in [-0.25, -0.2) is 0 Å². The van der Waals surface area contributed by atoms with Crippen LogP contribution in [0.25, 0.3) is 10.9 Å². The molecule has 0 bridgehead atoms. The molecule has 0 saturated carbocycles. The fourth-order valence-electron chi connectivity index (χ4n) is 1.87. The molecule has 19 heavy (non-hydrogen) atoms. The van der Waals surface area contributed by atoms with Crippen LogP contribution in [0, 0.1) is 12.8 Å². The van der Waals surface area contributed by atoms with Gasteiger partial charge in [0.1, 0.15) is 0 Å². The van der Waals surface area contributed by atoms with Gasteiger partial charge in [0, 0.05) is 16.6 Å². The summed E-state index contributed by atoms with van der Waals surface area (Å²) in [5.74, 6) is 2.41. The number of benzene rings is 1. The minimum absolute atomic E-state index is 0.202. The van der Waals surface area contributed by atoms with Crippen molar-refractivity contribution in [3.63, 3.8) is 0 Å². The van der Waals surface area contributed by atoms with Crippen LogP contribution < -0.4 is 0 Å². The fraction of sp³-hybridized carbons (Fsp3) is 0.375. The van der Waals surface area contributed by atoms with Crippen LogP contribution >= 0.6 is 11.8 Å². The summed E-state index contributed by atoms with van der Waals surface area (Å²) in [6.07, 6.45) is 0. The number of rotatable bonds is 5. The topological polar surface area (TPSA) is 30.0 Å². The number of fused-ring (bicyclic) bond motifs is 1. The van der Waals surface area contributed by atoms with Crippen molar-refractivity contribution >= 4 is 28.4 Å². The molecule has 1 aromatic heterocycles. The summed E-state index contributed by atoms with van der Waals surface area (Å²) >= 11 is 1.71. The predicted molar refractivity (Wildman–Crippen MR) is 83.0 cm³/mol. The molecule has 0 radical (unpaired) electrons. The molecule has 1 heterocycles. The molecule has 0 saturated heterocycles. The lowest BCUT2D eigenvalue weighted by molar-refractivity contribution is 0.102. The van der Waals surface area contributed by atoms with E-state index >= 15 is 0 Å². The van der Waals surface area contributed by atoms with E-state index < -0.39 is 0 Å². The zero-order chi connectivity index (χ0) is 13.8. The molecule has 0 spiro atoms. The fourth-order valence-corrected chi connectivity index (χ4v) is 2.81. The van der Waals surface area contributed by atoms with Crippen molar-refractivity contribution in [2.45, 2.75) is 20.8 Å². The van der Waals surface area contributed by atoms with Gasteiger partial charge in [-0.15, -0.1) is 0 Å². The molecular weight excluding hydrogens is 254 g/mol. The first kappa shape index (κ1) is 14.1. The zero-order valence-electron chi connectivity index (χ0n) is 11.6. The Labute approximate surface area is 118 Å². The molecule has 0 fully saturated rings. The molecule has 1 aromatic carbocycles. The largest absolute Gasteiger partial charge is 0.293 e. The molecule has 0 N–H and O–H groups in total. The SMILES string of the molecule is Cc1ccc2cc(C(=O)CSCC(C)C)ccc2n1. The van der Waals surface area contributed by atoms with Crippen LogP contribution in [0.5, 0.6) is 0 Å². The van der Waals surface area contributed by atoms with E-state index in [2.05, 4.69) is 18.8 Å². The number of carbonyl (C=O) groups is 1. The highest BCUT2D eigenvalue weighted by molar-refractivity contribution is 7.99. The quantitative estimate of drug-likeness (QED) is 0.768. The van der Waals surface area contributed by atoms with E-state index in [1.807, 2.05) is 37.3 Å². The maximum Gasteiger partial charge on any atom is 0.172 e. The lowest BCUT2D eigenvalue weighted by atomic mass is 10.1.